The average Bonchev–Trinajstić information content (AvgIpc) is 2.79. The molecule has 0 spiro atoms. The molecule has 2 N–H and O–H groups in total. The van der Waals surface area contributed by atoms with Gasteiger partial charge in [0.1, 0.15) is 12.0 Å². The molecule has 0 aliphatic carbocycles. The van der Waals surface area contributed by atoms with Gasteiger partial charge in [0.15, 0.2) is 0 Å². The maximum absolute atomic E-state index is 11.8. The van der Waals surface area contributed by atoms with Crippen molar-refractivity contribution in [2.45, 2.75) is 18.9 Å². The maximum atomic E-state index is 11.8. The molecule has 1 aromatic rings. The number of carbonyl (C=O) groups is 3. The molecule has 0 aromatic carbocycles. The summed E-state index contributed by atoms with van der Waals surface area (Å²) in [6.07, 6.45) is 5.02. The fraction of sp³-hybridized carbons (Fsp3) is 0.364. The molecule has 1 heterocycles. The highest BCUT2D eigenvalue weighted by molar-refractivity contribution is 5.93. The number of carboxylic acid groups (broad SMARTS) is 1. The van der Waals surface area contributed by atoms with Crippen LogP contribution in [0.1, 0.15) is 23.3 Å². The van der Waals surface area contributed by atoms with E-state index in [1.54, 1.807) is 7.05 Å². The Balaban J connectivity index is 2.49. The topological polar surface area (TPSA) is 114 Å². The first-order valence-electron chi connectivity index (χ1n) is 5.55. The van der Waals surface area contributed by atoms with Gasteiger partial charge in [-0.2, -0.15) is 0 Å². The number of amides is 1. The van der Waals surface area contributed by atoms with E-state index in [1.807, 2.05) is 0 Å². The van der Waals surface area contributed by atoms with Crippen molar-refractivity contribution in [3.05, 3.63) is 24.0 Å². The zero-order chi connectivity index (χ0) is 14.3. The van der Waals surface area contributed by atoms with E-state index in [4.69, 9.17) is 5.11 Å². The van der Waals surface area contributed by atoms with Gasteiger partial charge in [-0.3, -0.25) is 4.79 Å². The minimum Gasteiger partial charge on any atom is -0.478 e. The van der Waals surface area contributed by atoms with E-state index in [0.29, 0.717) is 19.1 Å². The summed E-state index contributed by atoms with van der Waals surface area (Å²) in [4.78, 5) is 32.8. The smallest absolute Gasteiger partial charge is 0.327 e. The van der Waals surface area contributed by atoms with Crippen LogP contribution < -0.4 is 5.32 Å². The Bertz CT molecular complexity index is 495. The molecule has 0 aliphatic heterocycles. The first-order chi connectivity index (χ1) is 9.04. The molecule has 0 aliphatic rings. The van der Waals surface area contributed by atoms with Crippen molar-refractivity contribution in [3.63, 3.8) is 0 Å². The van der Waals surface area contributed by atoms with E-state index in [-0.39, 0.29) is 5.69 Å². The van der Waals surface area contributed by atoms with Crippen LogP contribution in [0.2, 0.25) is 0 Å². The fourth-order valence-corrected chi connectivity index (χ4v) is 1.37. The van der Waals surface area contributed by atoms with E-state index in [9.17, 15) is 14.4 Å². The van der Waals surface area contributed by atoms with Gasteiger partial charge in [-0.1, -0.05) is 11.3 Å². The molecular formula is C11H14N4O4. The van der Waals surface area contributed by atoms with Crippen molar-refractivity contribution in [2.24, 2.45) is 7.05 Å². The Kier molecular flexibility index (Phi) is 5.39. The van der Waals surface area contributed by atoms with Crippen LogP contribution in [-0.4, -0.2) is 44.3 Å². The molecule has 0 radical (unpaired) electrons. The molecule has 19 heavy (non-hydrogen) atoms. The normalized spacial score (nSPS) is 12.3. The van der Waals surface area contributed by atoms with Crippen LogP contribution in [0.4, 0.5) is 0 Å². The largest absolute Gasteiger partial charge is 0.478 e. The zero-order valence-corrected chi connectivity index (χ0v) is 10.3. The molecule has 0 fully saturated rings. The van der Waals surface area contributed by atoms with Gasteiger partial charge >= 0.3 is 5.97 Å². The molecule has 1 rings (SSSR count). The molecule has 1 atom stereocenters. The van der Waals surface area contributed by atoms with Gasteiger partial charge < -0.3 is 15.2 Å². The average molecular weight is 266 g/mol. The van der Waals surface area contributed by atoms with Gasteiger partial charge in [0.2, 0.25) is 0 Å². The number of carbonyl (C=O) groups excluding carboxylic acids is 2. The number of aldehydes is 1. The Hall–Kier alpha value is -2.51. The van der Waals surface area contributed by atoms with Crippen molar-refractivity contribution in [1.82, 2.24) is 20.3 Å². The lowest BCUT2D eigenvalue weighted by Crippen LogP contribution is -2.36. The van der Waals surface area contributed by atoms with Gasteiger partial charge in [0.05, 0.1) is 12.2 Å². The monoisotopic (exact) mass is 266 g/mol. The van der Waals surface area contributed by atoms with E-state index >= 15 is 0 Å². The summed E-state index contributed by atoms with van der Waals surface area (Å²) in [6, 6.07) is -0.680. The molecule has 0 saturated carbocycles. The third-order valence-corrected chi connectivity index (χ3v) is 2.33. The molecule has 102 valence electrons. The highest BCUT2D eigenvalue weighted by Crippen LogP contribution is 1.99. The van der Waals surface area contributed by atoms with E-state index in [1.165, 1.54) is 17.0 Å². The lowest BCUT2D eigenvalue weighted by atomic mass is 10.1. The third kappa shape index (κ3) is 4.70. The number of aliphatic carboxylic acids is 1. The summed E-state index contributed by atoms with van der Waals surface area (Å²) >= 11 is 0. The van der Waals surface area contributed by atoms with E-state index < -0.39 is 17.9 Å². The summed E-state index contributed by atoms with van der Waals surface area (Å²) < 4.78 is 1.29. The molecule has 1 amide bonds. The second-order valence-corrected chi connectivity index (χ2v) is 3.78. The fourth-order valence-electron chi connectivity index (χ4n) is 1.37. The lowest BCUT2D eigenvalue weighted by Gasteiger charge is -2.11. The zero-order valence-electron chi connectivity index (χ0n) is 10.3. The summed E-state index contributed by atoms with van der Waals surface area (Å²) in [5.41, 5.74) is 0.243. The number of aryl methyl sites for hydroxylation is 1. The van der Waals surface area contributed by atoms with Crippen LogP contribution in [0.5, 0.6) is 0 Å². The second kappa shape index (κ2) is 7.04. The Labute approximate surface area is 109 Å². The summed E-state index contributed by atoms with van der Waals surface area (Å²) in [5, 5.41) is 18.1. The molecular weight excluding hydrogens is 252 g/mol. The summed E-state index contributed by atoms with van der Waals surface area (Å²) in [7, 11) is 1.56. The SMILES string of the molecule is Cn1nncc1C(=O)NC(C=O)CCC=CC(=O)O. The highest BCUT2D eigenvalue weighted by Gasteiger charge is 2.15. The molecule has 1 aromatic heterocycles. The number of rotatable bonds is 7. The predicted octanol–water partition coefficient (Wildman–Crippen LogP) is -0.467. The van der Waals surface area contributed by atoms with Crippen LogP contribution in [0.25, 0.3) is 0 Å². The van der Waals surface area contributed by atoms with Crippen LogP contribution in [0, 0.1) is 0 Å². The van der Waals surface area contributed by atoms with Crippen LogP contribution in [0.3, 0.4) is 0 Å². The lowest BCUT2D eigenvalue weighted by molar-refractivity contribution is -0.131. The number of allylic oxidation sites excluding steroid dienone is 1. The van der Waals surface area contributed by atoms with Gasteiger partial charge in [0, 0.05) is 13.1 Å². The maximum Gasteiger partial charge on any atom is 0.327 e. The Morgan fingerprint density at radius 3 is 2.84 bits per heavy atom. The molecule has 8 heteroatoms. The van der Waals surface area contributed by atoms with Crippen molar-refractivity contribution < 1.29 is 19.5 Å². The van der Waals surface area contributed by atoms with Crippen LogP contribution >= 0.6 is 0 Å². The number of aromatic nitrogens is 3. The van der Waals surface area contributed by atoms with Crippen LogP contribution in [0.15, 0.2) is 18.3 Å². The predicted molar refractivity (Wildman–Crippen MR) is 64.3 cm³/mol. The van der Waals surface area contributed by atoms with Crippen molar-refractivity contribution in [1.29, 1.82) is 0 Å². The molecule has 1 unspecified atom stereocenters. The third-order valence-electron chi connectivity index (χ3n) is 2.33. The standard InChI is InChI=1S/C11H14N4O4/c1-15-9(6-12-14-15)11(19)13-8(7-16)4-2-3-5-10(17)18/h3,5-8H,2,4H2,1H3,(H,13,19)(H,17,18). The van der Waals surface area contributed by atoms with E-state index in [2.05, 4.69) is 15.6 Å². The van der Waals surface area contributed by atoms with E-state index in [0.717, 1.165) is 6.08 Å². The second-order valence-electron chi connectivity index (χ2n) is 3.78. The highest BCUT2D eigenvalue weighted by atomic mass is 16.4. The Morgan fingerprint density at radius 2 is 2.32 bits per heavy atom. The van der Waals surface area contributed by atoms with Crippen molar-refractivity contribution in [2.75, 3.05) is 0 Å². The first kappa shape index (κ1) is 14.6. The van der Waals surface area contributed by atoms with Gasteiger partial charge in [0.25, 0.3) is 5.91 Å². The number of carboxylic acids is 1. The molecule has 0 saturated heterocycles. The summed E-state index contributed by atoms with van der Waals surface area (Å²) in [6.45, 7) is 0. The summed E-state index contributed by atoms with van der Waals surface area (Å²) in [5.74, 6) is -1.50. The van der Waals surface area contributed by atoms with Gasteiger partial charge in [-0.05, 0) is 12.8 Å². The number of hydrogen-bond acceptors (Lipinski definition) is 5. The van der Waals surface area contributed by atoms with Gasteiger partial charge in [-0.15, -0.1) is 5.10 Å². The van der Waals surface area contributed by atoms with Crippen LogP contribution in [-0.2, 0) is 16.6 Å². The number of nitrogens with one attached hydrogen (secondary N) is 1. The quantitative estimate of drug-likeness (QED) is 0.509. The first-order valence-corrected chi connectivity index (χ1v) is 5.55. The number of nitrogens with zero attached hydrogens (tertiary/aromatic N) is 3. The minimum absolute atomic E-state index is 0.243. The van der Waals surface area contributed by atoms with Crippen molar-refractivity contribution >= 4 is 18.2 Å². The molecule has 8 nitrogen and oxygen atoms in total. The molecule has 0 bridgehead atoms. The Morgan fingerprint density at radius 1 is 1.58 bits per heavy atom. The number of hydrogen-bond donors (Lipinski definition) is 2. The van der Waals surface area contributed by atoms with Gasteiger partial charge in [-0.25, -0.2) is 9.48 Å². The minimum atomic E-state index is -1.05. The van der Waals surface area contributed by atoms with Crippen molar-refractivity contribution in [3.8, 4) is 0 Å².